The van der Waals surface area contributed by atoms with Gasteiger partial charge in [0, 0.05) is 5.41 Å². The molecule has 0 bridgehead atoms. The van der Waals surface area contributed by atoms with Gasteiger partial charge >= 0.3 is 0 Å². The number of hydrogen-bond donors (Lipinski definition) is 2. The molecule has 13 heavy (non-hydrogen) atoms. The van der Waals surface area contributed by atoms with E-state index in [-0.39, 0.29) is 11.5 Å². The van der Waals surface area contributed by atoms with Gasteiger partial charge in [0.2, 0.25) is 0 Å². The van der Waals surface area contributed by atoms with Crippen LogP contribution >= 0.6 is 0 Å². The number of fused-ring (bicyclic) bond motifs is 1. The number of aliphatic hydroxyl groups excluding tert-OH is 1. The number of hydrogen-bond acceptors (Lipinski definition) is 2. The summed E-state index contributed by atoms with van der Waals surface area (Å²) in [7, 11) is 0. The number of rotatable bonds is 0. The van der Waals surface area contributed by atoms with E-state index in [2.05, 4.69) is 6.92 Å². The van der Waals surface area contributed by atoms with Crippen LogP contribution in [0.4, 0.5) is 0 Å². The lowest BCUT2D eigenvalue weighted by atomic mass is 9.56. The fourth-order valence-electron chi connectivity index (χ4n) is 3.22. The first-order chi connectivity index (χ1) is 6.08. The molecule has 0 amide bonds. The Hall–Kier alpha value is -0.0800. The van der Waals surface area contributed by atoms with E-state index in [4.69, 9.17) is 0 Å². The summed E-state index contributed by atoms with van der Waals surface area (Å²) in [6.07, 6.45) is 6.62. The monoisotopic (exact) mass is 184 g/mol. The van der Waals surface area contributed by atoms with Gasteiger partial charge in [-0.1, -0.05) is 19.8 Å². The van der Waals surface area contributed by atoms with Gasteiger partial charge in [-0.15, -0.1) is 0 Å². The Kier molecular flexibility index (Phi) is 2.16. The largest absolute Gasteiger partial charge is 0.392 e. The molecular formula is C11H20O2. The minimum atomic E-state index is -0.567. The predicted octanol–water partition coefficient (Wildman–Crippen LogP) is 1.84. The van der Waals surface area contributed by atoms with Crippen LogP contribution < -0.4 is 0 Å². The van der Waals surface area contributed by atoms with Crippen molar-refractivity contribution in [3.8, 4) is 0 Å². The van der Waals surface area contributed by atoms with Gasteiger partial charge in [-0.25, -0.2) is 0 Å². The molecule has 2 aliphatic rings. The molecule has 2 aliphatic carbocycles. The lowest BCUT2D eigenvalue weighted by Gasteiger charge is -2.54. The minimum Gasteiger partial charge on any atom is -0.392 e. The van der Waals surface area contributed by atoms with Crippen molar-refractivity contribution in [2.24, 2.45) is 5.41 Å². The van der Waals surface area contributed by atoms with Gasteiger partial charge in [0.1, 0.15) is 0 Å². The second kappa shape index (κ2) is 2.96. The summed E-state index contributed by atoms with van der Waals surface area (Å²) in [5, 5.41) is 20.4. The molecule has 2 rings (SSSR count). The van der Waals surface area contributed by atoms with Crippen LogP contribution in [0.15, 0.2) is 0 Å². The van der Waals surface area contributed by atoms with Gasteiger partial charge in [0.15, 0.2) is 0 Å². The Morgan fingerprint density at radius 3 is 2.38 bits per heavy atom. The molecule has 2 heteroatoms. The SMILES string of the molecule is CC12CCCCC1(O)CCCC2O. The van der Waals surface area contributed by atoms with Gasteiger partial charge in [0.25, 0.3) is 0 Å². The highest BCUT2D eigenvalue weighted by atomic mass is 16.3. The molecule has 0 aliphatic heterocycles. The Labute approximate surface area is 80.0 Å². The van der Waals surface area contributed by atoms with E-state index >= 15 is 0 Å². The summed E-state index contributed by atoms with van der Waals surface area (Å²) in [4.78, 5) is 0. The molecule has 76 valence electrons. The van der Waals surface area contributed by atoms with Crippen LogP contribution in [0.3, 0.4) is 0 Å². The summed E-state index contributed by atoms with van der Waals surface area (Å²) >= 11 is 0. The Morgan fingerprint density at radius 2 is 1.69 bits per heavy atom. The number of aliphatic hydroxyl groups is 2. The topological polar surface area (TPSA) is 40.5 Å². The lowest BCUT2D eigenvalue weighted by Crippen LogP contribution is -2.57. The normalized spacial score (nSPS) is 51.5. The average Bonchev–Trinajstić information content (AvgIpc) is 2.09. The van der Waals surface area contributed by atoms with Gasteiger partial charge in [0.05, 0.1) is 11.7 Å². The molecule has 0 aromatic rings. The molecule has 0 spiro atoms. The third-order valence-electron chi connectivity index (χ3n) is 4.40. The molecule has 3 unspecified atom stereocenters. The highest BCUT2D eigenvalue weighted by molar-refractivity contribution is 5.05. The van der Waals surface area contributed by atoms with E-state index in [0.717, 1.165) is 44.9 Å². The fourth-order valence-corrected chi connectivity index (χ4v) is 3.22. The fraction of sp³-hybridized carbons (Fsp3) is 1.00. The van der Waals surface area contributed by atoms with Crippen LogP contribution in [0.25, 0.3) is 0 Å². The summed E-state index contributed by atoms with van der Waals surface area (Å²) in [6.45, 7) is 2.07. The van der Waals surface area contributed by atoms with Gasteiger partial charge in [-0.3, -0.25) is 0 Å². The van der Waals surface area contributed by atoms with E-state index in [9.17, 15) is 10.2 Å². The average molecular weight is 184 g/mol. The van der Waals surface area contributed by atoms with Crippen molar-refractivity contribution in [1.29, 1.82) is 0 Å². The maximum Gasteiger partial charge on any atom is 0.0725 e. The zero-order chi connectivity index (χ0) is 9.53. The molecule has 0 heterocycles. The first-order valence-electron chi connectivity index (χ1n) is 5.49. The zero-order valence-electron chi connectivity index (χ0n) is 8.42. The molecule has 0 radical (unpaired) electrons. The van der Waals surface area contributed by atoms with Crippen molar-refractivity contribution >= 4 is 0 Å². The third kappa shape index (κ3) is 1.23. The van der Waals surface area contributed by atoms with Crippen LogP contribution in [0, 0.1) is 5.41 Å². The van der Waals surface area contributed by atoms with E-state index in [1.165, 1.54) is 0 Å². The van der Waals surface area contributed by atoms with Crippen LogP contribution in [-0.4, -0.2) is 21.9 Å². The summed E-state index contributed by atoms with van der Waals surface area (Å²) in [6, 6.07) is 0. The summed E-state index contributed by atoms with van der Waals surface area (Å²) in [5.41, 5.74) is -0.785. The van der Waals surface area contributed by atoms with Crippen LogP contribution in [0.1, 0.15) is 51.9 Å². The summed E-state index contributed by atoms with van der Waals surface area (Å²) in [5.74, 6) is 0. The molecule has 3 atom stereocenters. The van der Waals surface area contributed by atoms with E-state index < -0.39 is 5.60 Å². The third-order valence-corrected chi connectivity index (χ3v) is 4.40. The smallest absolute Gasteiger partial charge is 0.0725 e. The molecule has 0 aromatic carbocycles. The molecule has 0 saturated heterocycles. The van der Waals surface area contributed by atoms with Crippen molar-refractivity contribution in [2.45, 2.75) is 63.6 Å². The first kappa shape index (κ1) is 9.47. The molecule has 2 saturated carbocycles. The maximum atomic E-state index is 10.5. The second-order valence-electron chi connectivity index (χ2n) is 5.06. The van der Waals surface area contributed by atoms with Crippen molar-refractivity contribution in [3.63, 3.8) is 0 Å². The maximum absolute atomic E-state index is 10.5. The molecule has 2 nitrogen and oxygen atoms in total. The second-order valence-corrected chi connectivity index (χ2v) is 5.06. The molecular weight excluding hydrogens is 164 g/mol. The Morgan fingerprint density at radius 1 is 1.08 bits per heavy atom. The quantitative estimate of drug-likeness (QED) is 0.603. The van der Waals surface area contributed by atoms with Crippen molar-refractivity contribution in [1.82, 2.24) is 0 Å². The first-order valence-corrected chi connectivity index (χ1v) is 5.49. The Balaban J connectivity index is 2.27. The highest BCUT2D eigenvalue weighted by Gasteiger charge is 2.54. The van der Waals surface area contributed by atoms with Gasteiger partial charge in [-0.2, -0.15) is 0 Å². The van der Waals surface area contributed by atoms with Crippen LogP contribution in [0.5, 0.6) is 0 Å². The van der Waals surface area contributed by atoms with Crippen LogP contribution in [-0.2, 0) is 0 Å². The van der Waals surface area contributed by atoms with Crippen molar-refractivity contribution < 1.29 is 10.2 Å². The van der Waals surface area contributed by atoms with Crippen molar-refractivity contribution in [3.05, 3.63) is 0 Å². The van der Waals surface area contributed by atoms with E-state index in [1.54, 1.807) is 0 Å². The predicted molar refractivity (Wildman–Crippen MR) is 51.4 cm³/mol. The van der Waals surface area contributed by atoms with Crippen molar-refractivity contribution in [2.75, 3.05) is 0 Å². The highest BCUT2D eigenvalue weighted by Crippen LogP contribution is 2.52. The molecule has 0 aromatic heterocycles. The van der Waals surface area contributed by atoms with E-state index in [1.807, 2.05) is 0 Å². The van der Waals surface area contributed by atoms with Gasteiger partial charge in [-0.05, 0) is 32.1 Å². The lowest BCUT2D eigenvalue weighted by molar-refractivity contribution is -0.184. The van der Waals surface area contributed by atoms with E-state index in [0.29, 0.717) is 0 Å². The standard InChI is InChI=1S/C11H20O2/c1-10-6-2-3-7-11(10,13)8-4-5-9(10)12/h9,12-13H,2-8H2,1H3. The zero-order valence-corrected chi connectivity index (χ0v) is 8.42. The Bertz CT molecular complexity index is 200. The molecule has 2 N–H and O–H groups in total. The minimum absolute atomic E-state index is 0.219. The summed E-state index contributed by atoms with van der Waals surface area (Å²) < 4.78 is 0. The van der Waals surface area contributed by atoms with Gasteiger partial charge < -0.3 is 10.2 Å². The van der Waals surface area contributed by atoms with Crippen LogP contribution in [0.2, 0.25) is 0 Å². The molecule has 2 fully saturated rings.